The molecule has 148 valence electrons. The number of ether oxygens (including phenoxy) is 2. The molecule has 0 unspecified atom stereocenters. The van der Waals surface area contributed by atoms with E-state index in [9.17, 15) is 14.0 Å². The molecule has 6 nitrogen and oxygen atoms in total. The molecular formula is C22H19FN2O4. The first-order chi connectivity index (χ1) is 14.1. The fourth-order valence-corrected chi connectivity index (χ4v) is 2.60. The zero-order valence-electron chi connectivity index (χ0n) is 15.6. The van der Waals surface area contributed by atoms with E-state index in [4.69, 9.17) is 9.47 Å². The summed E-state index contributed by atoms with van der Waals surface area (Å²) in [7, 11) is 1.52. The second-order valence-corrected chi connectivity index (χ2v) is 6.00. The summed E-state index contributed by atoms with van der Waals surface area (Å²) in [5.41, 5.74) is 0.818. The molecule has 0 radical (unpaired) electrons. The first kappa shape index (κ1) is 19.9. The maximum absolute atomic E-state index is 13.7. The fraction of sp³-hybridized carbons (Fsp3) is 0.0909. The zero-order chi connectivity index (χ0) is 20.6. The van der Waals surface area contributed by atoms with Crippen molar-refractivity contribution in [3.05, 3.63) is 84.2 Å². The van der Waals surface area contributed by atoms with Crippen molar-refractivity contribution >= 4 is 23.2 Å². The SMILES string of the molecule is COc1ccccc1OCC(=O)Nc1cccc(NC(=O)c2ccccc2F)c1. The second kappa shape index (κ2) is 9.36. The van der Waals surface area contributed by atoms with Crippen molar-refractivity contribution in [2.45, 2.75) is 0 Å². The van der Waals surface area contributed by atoms with Gasteiger partial charge < -0.3 is 20.1 Å². The number of halogens is 1. The van der Waals surface area contributed by atoms with Gasteiger partial charge in [-0.05, 0) is 42.5 Å². The quantitative estimate of drug-likeness (QED) is 0.632. The van der Waals surface area contributed by atoms with Crippen molar-refractivity contribution in [1.82, 2.24) is 0 Å². The maximum Gasteiger partial charge on any atom is 0.262 e. The molecular weight excluding hydrogens is 375 g/mol. The molecule has 0 aliphatic carbocycles. The molecule has 0 heterocycles. The lowest BCUT2D eigenvalue weighted by molar-refractivity contribution is -0.118. The molecule has 0 aliphatic heterocycles. The van der Waals surface area contributed by atoms with Gasteiger partial charge in [-0.2, -0.15) is 0 Å². The average molecular weight is 394 g/mol. The molecule has 3 rings (SSSR count). The molecule has 2 N–H and O–H groups in total. The van der Waals surface area contributed by atoms with E-state index >= 15 is 0 Å². The summed E-state index contributed by atoms with van der Waals surface area (Å²) in [6, 6.07) is 19.2. The highest BCUT2D eigenvalue weighted by molar-refractivity contribution is 6.04. The van der Waals surface area contributed by atoms with Crippen LogP contribution in [0.2, 0.25) is 0 Å². The number of benzene rings is 3. The van der Waals surface area contributed by atoms with Gasteiger partial charge in [0.05, 0.1) is 12.7 Å². The van der Waals surface area contributed by atoms with Gasteiger partial charge in [-0.3, -0.25) is 9.59 Å². The largest absolute Gasteiger partial charge is 0.493 e. The lowest BCUT2D eigenvalue weighted by Crippen LogP contribution is -2.20. The summed E-state index contributed by atoms with van der Waals surface area (Å²) >= 11 is 0. The van der Waals surface area contributed by atoms with Crippen LogP contribution in [0.1, 0.15) is 10.4 Å². The molecule has 7 heteroatoms. The van der Waals surface area contributed by atoms with Crippen molar-refractivity contribution in [3.63, 3.8) is 0 Å². The van der Waals surface area contributed by atoms with Crippen LogP contribution in [0.25, 0.3) is 0 Å². The number of nitrogens with one attached hydrogen (secondary N) is 2. The molecule has 0 saturated heterocycles. The molecule has 0 spiro atoms. The van der Waals surface area contributed by atoms with Crippen molar-refractivity contribution < 1.29 is 23.5 Å². The number of carbonyl (C=O) groups is 2. The average Bonchev–Trinajstić information content (AvgIpc) is 2.73. The number of anilines is 2. The summed E-state index contributed by atoms with van der Waals surface area (Å²) in [5.74, 6) is -0.586. The van der Waals surface area contributed by atoms with Crippen molar-refractivity contribution in [2.24, 2.45) is 0 Å². The van der Waals surface area contributed by atoms with Crippen molar-refractivity contribution in [2.75, 3.05) is 24.4 Å². The fourth-order valence-electron chi connectivity index (χ4n) is 2.60. The third-order valence-corrected chi connectivity index (χ3v) is 3.95. The minimum atomic E-state index is -0.608. The summed E-state index contributed by atoms with van der Waals surface area (Å²) in [5, 5.41) is 5.29. The Kier molecular flexibility index (Phi) is 6.42. The van der Waals surface area contributed by atoms with Crippen molar-refractivity contribution in [1.29, 1.82) is 0 Å². The van der Waals surface area contributed by atoms with Gasteiger partial charge in [0.1, 0.15) is 5.82 Å². The summed E-state index contributed by atoms with van der Waals surface area (Å²) in [4.78, 5) is 24.4. The lowest BCUT2D eigenvalue weighted by Gasteiger charge is -2.11. The third-order valence-electron chi connectivity index (χ3n) is 3.95. The van der Waals surface area contributed by atoms with E-state index in [0.29, 0.717) is 22.9 Å². The number of amides is 2. The van der Waals surface area contributed by atoms with Crippen LogP contribution in [-0.4, -0.2) is 25.5 Å². The third kappa shape index (κ3) is 5.32. The van der Waals surface area contributed by atoms with E-state index in [1.807, 2.05) is 0 Å². The Morgan fingerprint density at radius 1 is 0.862 bits per heavy atom. The Morgan fingerprint density at radius 2 is 1.52 bits per heavy atom. The van der Waals surface area contributed by atoms with Crippen LogP contribution in [-0.2, 0) is 4.79 Å². The molecule has 2 amide bonds. The minimum Gasteiger partial charge on any atom is -0.493 e. The molecule has 0 aliphatic rings. The Bertz CT molecular complexity index is 1020. The Hall–Kier alpha value is -3.87. The van der Waals surface area contributed by atoms with E-state index in [-0.39, 0.29) is 18.1 Å². The predicted octanol–water partition coefficient (Wildman–Crippen LogP) is 4.10. The maximum atomic E-state index is 13.7. The van der Waals surface area contributed by atoms with E-state index in [1.54, 1.807) is 54.6 Å². The topological polar surface area (TPSA) is 76.7 Å². The molecule has 3 aromatic carbocycles. The van der Waals surface area contributed by atoms with E-state index < -0.39 is 11.7 Å². The minimum absolute atomic E-state index is 0.0628. The van der Waals surface area contributed by atoms with Gasteiger partial charge in [-0.25, -0.2) is 4.39 Å². The molecule has 29 heavy (non-hydrogen) atoms. The van der Waals surface area contributed by atoms with Crippen LogP contribution in [0.3, 0.4) is 0 Å². The molecule has 0 aromatic heterocycles. The lowest BCUT2D eigenvalue weighted by atomic mass is 10.2. The molecule has 0 fully saturated rings. The standard InChI is InChI=1S/C22H19FN2O4/c1-28-19-11-4-5-12-20(19)29-14-21(26)24-15-7-6-8-16(13-15)25-22(27)17-9-2-3-10-18(17)23/h2-13H,14H2,1H3,(H,24,26)(H,25,27). The van der Waals surface area contributed by atoms with Crippen LogP contribution < -0.4 is 20.1 Å². The number of hydrogen-bond acceptors (Lipinski definition) is 4. The number of para-hydroxylation sites is 2. The van der Waals surface area contributed by atoms with Gasteiger partial charge in [0.2, 0.25) is 0 Å². The zero-order valence-corrected chi connectivity index (χ0v) is 15.6. The van der Waals surface area contributed by atoms with E-state index in [1.165, 1.54) is 25.3 Å². The highest BCUT2D eigenvalue weighted by Crippen LogP contribution is 2.25. The van der Waals surface area contributed by atoms with Gasteiger partial charge in [0.15, 0.2) is 18.1 Å². The Labute approximate surface area is 167 Å². The first-order valence-electron chi connectivity index (χ1n) is 8.78. The van der Waals surface area contributed by atoms with E-state index in [2.05, 4.69) is 10.6 Å². The van der Waals surface area contributed by atoms with Crippen LogP contribution in [0.5, 0.6) is 11.5 Å². The normalized spacial score (nSPS) is 10.1. The summed E-state index contributed by atoms with van der Waals surface area (Å²) in [6.45, 7) is -0.216. The molecule has 0 saturated carbocycles. The van der Waals surface area contributed by atoms with Crippen LogP contribution >= 0.6 is 0 Å². The number of methoxy groups -OCH3 is 1. The summed E-state index contributed by atoms with van der Waals surface area (Å²) in [6.07, 6.45) is 0. The molecule has 0 atom stereocenters. The van der Waals surface area contributed by atoms with Crippen LogP contribution in [0.15, 0.2) is 72.8 Å². The number of rotatable bonds is 7. The van der Waals surface area contributed by atoms with Gasteiger partial charge in [-0.1, -0.05) is 30.3 Å². The van der Waals surface area contributed by atoms with Crippen LogP contribution in [0, 0.1) is 5.82 Å². The predicted molar refractivity (Wildman–Crippen MR) is 108 cm³/mol. The number of carbonyl (C=O) groups excluding carboxylic acids is 2. The van der Waals surface area contributed by atoms with Gasteiger partial charge in [0, 0.05) is 11.4 Å². The highest BCUT2D eigenvalue weighted by atomic mass is 19.1. The van der Waals surface area contributed by atoms with Gasteiger partial charge >= 0.3 is 0 Å². The van der Waals surface area contributed by atoms with E-state index in [0.717, 1.165) is 0 Å². The molecule has 3 aromatic rings. The van der Waals surface area contributed by atoms with Gasteiger partial charge in [0.25, 0.3) is 11.8 Å². The first-order valence-corrected chi connectivity index (χ1v) is 8.78. The smallest absolute Gasteiger partial charge is 0.262 e. The van der Waals surface area contributed by atoms with Crippen LogP contribution in [0.4, 0.5) is 15.8 Å². The Morgan fingerprint density at radius 3 is 2.24 bits per heavy atom. The summed E-state index contributed by atoms with van der Waals surface area (Å²) < 4.78 is 24.4. The molecule has 0 bridgehead atoms. The van der Waals surface area contributed by atoms with Gasteiger partial charge in [-0.15, -0.1) is 0 Å². The van der Waals surface area contributed by atoms with Crippen molar-refractivity contribution in [3.8, 4) is 11.5 Å². The number of hydrogen-bond donors (Lipinski definition) is 2. The second-order valence-electron chi connectivity index (χ2n) is 6.00. The monoisotopic (exact) mass is 394 g/mol. The highest BCUT2D eigenvalue weighted by Gasteiger charge is 2.12. The Balaban J connectivity index is 1.60.